The number of imidazole rings is 1. The Balaban J connectivity index is 2.71. The van der Waals surface area contributed by atoms with Crippen LogP contribution in [0.1, 0.15) is 36.8 Å². The zero-order valence-corrected chi connectivity index (χ0v) is 11.3. The number of carbonyl (C=O) groups is 1. The third-order valence-corrected chi connectivity index (χ3v) is 3.50. The van der Waals surface area contributed by atoms with Gasteiger partial charge in [0.2, 0.25) is 0 Å². The van der Waals surface area contributed by atoms with E-state index < -0.39 is 5.97 Å². The van der Waals surface area contributed by atoms with Crippen LogP contribution in [-0.4, -0.2) is 34.1 Å². The van der Waals surface area contributed by atoms with E-state index >= 15 is 0 Å². The maximum atomic E-state index is 11.3. The standard InChI is InChI=1S/C11H19N3O2S/c1-4-17-6-5-8(2)14-7-13-9(10(14)12)11(15)16-3/h7-8H,4-6,12H2,1-3H3. The smallest absolute Gasteiger partial charge is 0.360 e. The Kier molecular flexibility index (Phi) is 5.34. The normalized spacial score (nSPS) is 12.4. The number of nitrogens with zero attached hydrogens (tertiary/aromatic N) is 2. The third kappa shape index (κ3) is 3.39. The quantitative estimate of drug-likeness (QED) is 0.623. The van der Waals surface area contributed by atoms with E-state index in [1.54, 1.807) is 6.33 Å². The molecule has 5 nitrogen and oxygen atoms in total. The van der Waals surface area contributed by atoms with Crippen LogP contribution in [0, 0.1) is 0 Å². The fourth-order valence-corrected chi connectivity index (χ4v) is 2.31. The first-order chi connectivity index (χ1) is 8.11. The van der Waals surface area contributed by atoms with E-state index in [2.05, 4.69) is 23.6 Å². The number of nitrogen functional groups attached to an aromatic ring is 1. The van der Waals surface area contributed by atoms with Crippen molar-refractivity contribution < 1.29 is 9.53 Å². The summed E-state index contributed by atoms with van der Waals surface area (Å²) in [4.78, 5) is 15.3. The number of rotatable bonds is 6. The van der Waals surface area contributed by atoms with Crippen molar-refractivity contribution in [3.8, 4) is 0 Å². The van der Waals surface area contributed by atoms with Gasteiger partial charge in [-0.15, -0.1) is 0 Å². The van der Waals surface area contributed by atoms with E-state index in [4.69, 9.17) is 5.73 Å². The van der Waals surface area contributed by atoms with Gasteiger partial charge in [-0.05, 0) is 24.9 Å². The Bertz CT molecular complexity index is 379. The number of anilines is 1. The van der Waals surface area contributed by atoms with Crippen LogP contribution in [0.3, 0.4) is 0 Å². The molecule has 0 amide bonds. The van der Waals surface area contributed by atoms with Crippen LogP contribution in [0.25, 0.3) is 0 Å². The highest BCUT2D eigenvalue weighted by molar-refractivity contribution is 7.99. The van der Waals surface area contributed by atoms with Crippen LogP contribution in [0.2, 0.25) is 0 Å². The zero-order valence-electron chi connectivity index (χ0n) is 10.5. The Morgan fingerprint density at radius 1 is 1.71 bits per heavy atom. The molecule has 1 aromatic rings. The summed E-state index contributed by atoms with van der Waals surface area (Å²) in [6.45, 7) is 4.20. The van der Waals surface area contributed by atoms with Crippen molar-refractivity contribution in [2.45, 2.75) is 26.3 Å². The summed E-state index contributed by atoms with van der Waals surface area (Å²) in [5.74, 6) is 2.07. The van der Waals surface area contributed by atoms with Crippen molar-refractivity contribution in [2.75, 3.05) is 24.3 Å². The Morgan fingerprint density at radius 2 is 2.41 bits per heavy atom. The molecule has 0 aliphatic heterocycles. The van der Waals surface area contributed by atoms with E-state index in [9.17, 15) is 4.79 Å². The van der Waals surface area contributed by atoms with Crippen molar-refractivity contribution in [3.63, 3.8) is 0 Å². The molecule has 6 heteroatoms. The Morgan fingerprint density at radius 3 is 3.00 bits per heavy atom. The molecule has 0 spiro atoms. The number of esters is 1. The number of carbonyl (C=O) groups excluding carboxylic acids is 1. The minimum absolute atomic E-state index is 0.197. The van der Waals surface area contributed by atoms with Gasteiger partial charge >= 0.3 is 5.97 Å². The number of thioether (sulfide) groups is 1. The molecule has 0 aliphatic rings. The van der Waals surface area contributed by atoms with Crippen LogP contribution in [0.4, 0.5) is 5.82 Å². The maximum Gasteiger partial charge on any atom is 0.360 e. The van der Waals surface area contributed by atoms with Crippen LogP contribution in [0.15, 0.2) is 6.33 Å². The van der Waals surface area contributed by atoms with Gasteiger partial charge in [0.15, 0.2) is 5.69 Å². The fourth-order valence-electron chi connectivity index (χ4n) is 1.51. The second-order valence-corrected chi connectivity index (χ2v) is 5.11. The number of nitrogens with two attached hydrogens (primary N) is 1. The highest BCUT2D eigenvalue weighted by Crippen LogP contribution is 2.21. The van der Waals surface area contributed by atoms with Crippen LogP contribution in [-0.2, 0) is 4.74 Å². The van der Waals surface area contributed by atoms with Gasteiger partial charge in [0, 0.05) is 6.04 Å². The summed E-state index contributed by atoms with van der Waals surface area (Å²) >= 11 is 1.89. The molecular weight excluding hydrogens is 238 g/mol. The average molecular weight is 257 g/mol. The molecule has 96 valence electrons. The summed E-state index contributed by atoms with van der Waals surface area (Å²) in [6, 6.07) is 0.236. The molecule has 0 aromatic carbocycles. The first kappa shape index (κ1) is 13.9. The van der Waals surface area contributed by atoms with Crippen LogP contribution in [0.5, 0.6) is 0 Å². The molecule has 0 bridgehead atoms. The number of hydrogen-bond acceptors (Lipinski definition) is 5. The zero-order chi connectivity index (χ0) is 12.8. The minimum atomic E-state index is -0.489. The van der Waals surface area contributed by atoms with Crippen LogP contribution >= 0.6 is 11.8 Å². The SMILES string of the molecule is CCSCCC(C)n1cnc(C(=O)OC)c1N. The van der Waals surface area contributed by atoms with Gasteiger partial charge in [-0.25, -0.2) is 9.78 Å². The Hall–Kier alpha value is -1.17. The van der Waals surface area contributed by atoms with Crippen molar-refractivity contribution in [3.05, 3.63) is 12.0 Å². The lowest BCUT2D eigenvalue weighted by atomic mass is 10.2. The summed E-state index contributed by atoms with van der Waals surface area (Å²) in [6.07, 6.45) is 2.60. The van der Waals surface area contributed by atoms with Gasteiger partial charge in [-0.1, -0.05) is 6.92 Å². The fraction of sp³-hybridized carbons (Fsp3) is 0.636. The molecule has 0 fully saturated rings. The van der Waals surface area contributed by atoms with Crippen molar-refractivity contribution >= 4 is 23.5 Å². The number of aromatic nitrogens is 2. The summed E-state index contributed by atoms with van der Waals surface area (Å²) < 4.78 is 6.43. The van der Waals surface area contributed by atoms with Gasteiger partial charge in [0.1, 0.15) is 5.82 Å². The van der Waals surface area contributed by atoms with Gasteiger partial charge in [-0.2, -0.15) is 11.8 Å². The lowest BCUT2D eigenvalue weighted by molar-refractivity contribution is 0.0596. The minimum Gasteiger partial charge on any atom is -0.464 e. The predicted molar refractivity (Wildman–Crippen MR) is 70.3 cm³/mol. The summed E-state index contributed by atoms with van der Waals surface area (Å²) in [5, 5.41) is 0. The molecule has 1 rings (SSSR count). The monoisotopic (exact) mass is 257 g/mol. The first-order valence-electron chi connectivity index (χ1n) is 5.60. The molecule has 1 unspecified atom stereocenters. The molecule has 0 radical (unpaired) electrons. The van der Waals surface area contributed by atoms with Gasteiger partial charge < -0.3 is 15.0 Å². The van der Waals surface area contributed by atoms with Gasteiger partial charge in [0.25, 0.3) is 0 Å². The van der Waals surface area contributed by atoms with E-state index in [-0.39, 0.29) is 11.7 Å². The van der Waals surface area contributed by atoms with E-state index in [1.807, 2.05) is 16.3 Å². The molecule has 0 saturated heterocycles. The molecule has 17 heavy (non-hydrogen) atoms. The topological polar surface area (TPSA) is 70.1 Å². The Labute approximate surface area is 106 Å². The predicted octanol–water partition coefficient (Wildman–Crippen LogP) is 1.96. The molecule has 0 saturated carbocycles. The van der Waals surface area contributed by atoms with Crippen molar-refractivity contribution in [2.24, 2.45) is 0 Å². The summed E-state index contributed by atoms with van der Waals surface area (Å²) in [7, 11) is 1.32. The lowest BCUT2D eigenvalue weighted by Gasteiger charge is -2.14. The highest BCUT2D eigenvalue weighted by atomic mass is 32.2. The highest BCUT2D eigenvalue weighted by Gasteiger charge is 2.18. The van der Waals surface area contributed by atoms with Gasteiger partial charge in [0.05, 0.1) is 13.4 Å². The van der Waals surface area contributed by atoms with Crippen molar-refractivity contribution in [1.82, 2.24) is 9.55 Å². The lowest BCUT2D eigenvalue weighted by Crippen LogP contribution is -2.11. The van der Waals surface area contributed by atoms with E-state index in [0.717, 1.165) is 17.9 Å². The molecule has 1 heterocycles. The molecule has 0 aliphatic carbocycles. The first-order valence-corrected chi connectivity index (χ1v) is 6.75. The van der Waals surface area contributed by atoms with Crippen molar-refractivity contribution in [1.29, 1.82) is 0 Å². The van der Waals surface area contributed by atoms with Crippen LogP contribution < -0.4 is 5.73 Å². The van der Waals surface area contributed by atoms with E-state index in [0.29, 0.717) is 5.82 Å². The average Bonchev–Trinajstić information content (AvgIpc) is 2.70. The van der Waals surface area contributed by atoms with Gasteiger partial charge in [-0.3, -0.25) is 0 Å². The maximum absolute atomic E-state index is 11.3. The van der Waals surface area contributed by atoms with E-state index in [1.165, 1.54) is 7.11 Å². The third-order valence-electron chi connectivity index (χ3n) is 2.57. The largest absolute Gasteiger partial charge is 0.464 e. The number of ether oxygens (including phenoxy) is 1. The molecular formula is C11H19N3O2S. The number of hydrogen-bond donors (Lipinski definition) is 1. The molecule has 2 N–H and O–H groups in total. The second kappa shape index (κ2) is 6.54. The number of methoxy groups -OCH3 is 1. The second-order valence-electron chi connectivity index (χ2n) is 3.71. The summed E-state index contributed by atoms with van der Waals surface area (Å²) in [5.41, 5.74) is 6.07. The molecule has 1 atom stereocenters. The molecule has 1 aromatic heterocycles.